The van der Waals surface area contributed by atoms with Gasteiger partial charge in [0.2, 0.25) is 10.0 Å². The zero-order chi connectivity index (χ0) is 30.1. The monoisotopic (exact) mass is 588 g/mol. The smallest absolute Gasteiger partial charge is 0.344 e. The molecule has 1 unspecified atom stereocenters. The topological polar surface area (TPSA) is 105 Å². The van der Waals surface area contributed by atoms with Crippen LogP contribution in [0.5, 0.6) is 17.2 Å². The molecular formula is C33H36N2O6S. The zero-order valence-corrected chi connectivity index (χ0v) is 24.8. The van der Waals surface area contributed by atoms with Gasteiger partial charge in [-0.25, -0.2) is 13.2 Å². The molecule has 4 aromatic rings. The van der Waals surface area contributed by atoms with Gasteiger partial charge in [-0.3, -0.25) is 4.72 Å². The van der Waals surface area contributed by atoms with Gasteiger partial charge in [-0.15, -0.1) is 0 Å². The maximum atomic E-state index is 11.9. The van der Waals surface area contributed by atoms with E-state index >= 15 is 0 Å². The zero-order valence-electron chi connectivity index (χ0n) is 24.0. The van der Waals surface area contributed by atoms with Gasteiger partial charge in [-0.05, 0) is 66.4 Å². The van der Waals surface area contributed by atoms with Crippen molar-refractivity contribution in [3.63, 3.8) is 0 Å². The molecule has 0 aliphatic rings. The van der Waals surface area contributed by atoms with Gasteiger partial charge in [-0.2, -0.15) is 0 Å². The van der Waals surface area contributed by atoms with E-state index in [4.69, 9.17) is 9.47 Å². The van der Waals surface area contributed by atoms with Crippen molar-refractivity contribution < 1.29 is 27.8 Å². The summed E-state index contributed by atoms with van der Waals surface area (Å²) < 4.78 is 38.2. The number of carboxylic acid groups (broad SMARTS) is 1. The van der Waals surface area contributed by atoms with E-state index < -0.39 is 22.1 Å². The van der Waals surface area contributed by atoms with Gasteiger partial charge >= 0.3 is 5.97 Å². The van der Waals surface area contributed by atoms with Crippen molar-refractivity contribution in [3.8, 4) is 17.2 Å². The van der Waals surface area contributed by atoms with Crippen LogP contribution in [0, 0.1) is 6.92 Å². The first kappa shape index (κ1) is 30.5. The Morgan fingerprint density at radius 1 is 0.857 bits per heavy atom. The Morgan fingerprint density at radius 3 is 2.14 bits per heavy atom. The Morgan fingerprint density at radius 2 is 1.50 bits per heavy atom. The predicted molar refractivity (Wildman–Crippen MR) is 166 cm³/mol. The second-order valence-corrected chi connectivity index (χ2v) is 11.9. The number of nitrogens with one attached hydrogen (secondary N) is 1. The number of carboxylic acids is 1. The van der Waals surface area contributed by atoms with E-state index in [0.717, 1.165) is 28.6 Å². The molecule has 1 atom stereocenters. The minimum atomic E-state index is -3.42. The first-order chi connectivity index (χ1) is 20.1. The van der Waals surface area contributed by atoms with Crippen molar-refractivity contribution in [2.75, 3.05) is 15.9 Å². The third kappa shape index (κ3) is 8.75. The maximum Gasteiger partial charge on any atom is 0.344 e. The number of aliphatic carboxylic acids is 1. The summed E-state index contributed by atoms with van der Waals surface area (Å²) in [5.41, 5.74) is 4.48. The Bertz CT molecular complexity index is 1590. The number of sulfonamides is 1. The predicted octanol–water partition coefficient (Wildman–Crippen LogP) is 7.00. The van der Waals surface area contributed by atoms with Gasteiger partial charge in [0.25, 0.3) is 0 Å². The molecule has 0 heterocycles. The van der Waals surface area contributed by atoms with Crippen molar-refractivity contribution in [2.24, 2.45) is 0 Å². The van der Waals surface area contributed by atoms with Crippen LogP contribution in [-0.4, -0.2) is 31.9 Å². The van der Waals surface area contributed by atoms with E-state index in [0.29, 0.717) is 48.9 Å². The Hall–Kier alpha value is -4.50. The van der Waals surface area contributed by atoms with Crippen LogP contribution >= 0.6 is 0 Å². The van der Waals surface area contributed by atoms with Crippen LogP contribution in [0.3, 0.4) is 0 Å². The van der Waals surface area contributed by atoms with Crippen molar-refractivity contribution >= 4 is 27.4 Å². The molecule has 0 saturated carbocycles. The number of anilines is 2. The lowest BCUT2D eigenvalue weighted by molar-refractivity contribution is -0.145. The first-order valence-electron chi connectivity index (χ1n) is 13.7. The number of rotatable bonds is 14. The molecule has 220 valence electrons. The molecule has 9 heteroatoms. The van der Waals surface area contributed by atoms with Crippen LogP contribution in [0.2, 0.25) is 0 Å². The average molecular weight is 589 g/mol. The van der Waals surface area contributed by atoms with Crippen LogP contribution in [0.25, 0.3) is 0 Å². The third-order valence-electron chi connectivity index (χ3n) is 6.60. The van der Waals surface area contributed by atoms with Crippen molar-refractivity contribution in [1.29, 1.82) is 0 Å². The fourth-order valence-corrected chi connectivity index (χ4v) is 5.22. The van der Waals surface area contributed by atoms with Gasteiger partial charge in [-0.1, -0.05) is 67.9 Å². The van der Waals surface area contributed by atoms with Crippen LogP contribution in [0.1, 0.15) is 36.5 Å². The molecule has 2 N–H and O–H groups in total. The van der Waals surface area contributed by atoms with Gasteiger partial charge in [0.05, 0.1) is 11.9 Å². The van der Waals surface area contributed by atoms with Gasteiger partial charge in [0.15, 0.2) is 6.10 Å². The molecule has 0 saturated heterocycles. The van der Waals surface area contributed by atoms with Crippen molar-refractivity contribution in [1.82, 2.24) is 0 Å². The van der Waals surface area contributed by atoms with Gasteiger partial charge < -0.3 is 19.5 Å². The fourth-order valence-electron chi connectivity index (χ4n) is 4.60. The van der Waals surface area contributed by atoms with Crippen LogP contribution in [0.15, 0.2) is 97.1 Å². The lowest BCUT2D eigenvalue weighted by Gasteiger charge is -2.28. The van der Waals surface area contributed by atoms with E-state index in [2.05, 4.69) is 21.8 Å². The lowest BCUT2D eigenvalue weighted by Crippen LogP contribution is -2.26. The molecule has 4 rings (SSSR count). The lowest BCUT2D eigenvalue weighted by atomic mass is 10.1. The maximum absolute atomic E-state index is 11.9. The molecule has 0 aliphatic carbocycles. The fraction of sp³-hybridized carbons (Fsp3) is 0.242. The van der Waals surface area contributed by atoms with E-state index in [1.807, 2.05) is 68.4 Å². The van der Waals surface area contributed by atoms with E-state index in [1.54, 1.807) is 30.3 Å². The molecule has 0 bridgehead atoms. The molecule has 0 radical (unpaired) electrons. The number of ether oxygens (including phenoxy) is 2. The summed E-state index contributed by atoms with van der Waals surface area (Å²) in [6, 6.07) is 30.4. The van der Waals surface area contributed by atoms with E-state index in [1.165, 1.54) is 0 Å². The van der Waals surface area contributed by atoms with Crippen LogP contribution < -0.4 is 19.1 Å². The van der Waals surface area contributed by atoms with Crippen molar-refractivity contribution in [3.05, 3.63) is 114 Å². The minimum Gasteiger partial charge on any atom is -0.479 e. The standard InChI is InChI=1S/C33H36N2O6S/c1-4-10-32(33(36)37)41-29-14-8-13-28(21-29)40-27-19-17-26(18-20-27)23-35(22-25-11-6-5-7-12-25)31-16-9-15-30(24(31)2)34-42(3,38)39/h5-9,11-21,32,34H,4,10,22-23H2,1-3H3,(H,36,37). The molecule has 0 aliphatic heterocycles. The minimum absolute atomic E-state index is 0.418. The molecule has 8 nitrogen and oxygen atoms in total. The second-order valence-electron chi connectivity index (χ2n) is 10.1. The Labute approximate surface area is 247 Å². The number of hydrogen-bond donors (Lipinski definition) is 2. The molecule has 0 spiro atoms. The van der Waals surface area contributed by atoms with E-state index in [9.17, 15) is 18.3 Å². The quantitative estimate of drug-likeness (QED) is 0.163. The molecular weight excluding hydrogens is 552 g/mol. The summed E-state index contributed by atoms with van der Waals surface area (Å²) in [6.45, 7) is 5.04. The number of hydrogen-bond acceptors (Lipinski definition) is 6. The van der Waals surface area contributed by atoms with Crippen LogP contribution in [0.4, 0.5) is 11.4 Å². The largest absolute Gasteiger partial charge is 0.479 e. The summed E-state index contributed by atoms with van der Waals surface area (Å²) in [6.07, 6.45) is 1.36. The Balaban J connectivity index is 1.52. The number of nitrogens with zero attached hydrogens (tertiary/aromatic N) is 1. The summed E-state index contributed by atoms with van der Waals surface area (Å²) in [5, 5.41) is 9.40. The highest BCUT2D eigenvalue weighted by molar-refractivity contribution is 7.92. The average Bonchev–Trinajstić information content (AvgIpc) is 2.95. The first-order valence-corrected chi connectivity index (χ1v) is 15.6. The summed E-state index contributed by atoms with van der Waals surface area (Å²) in [5.74, 6) is 0.611. The molecule has 4 aromatic carbocycles. The summed E-state index contributed by atoms with van der Waals surface area (Å²) in [4.78, 5) is 13.7. The SMILES string of the molecule is CCCC(Oc1cccc(Oc2ccc(CN(Cc3ccccc3)c3cccc(NS(C)(=O)=O)c3C)cc2)c1)C(=O)O. The third-order valence-corrected chi connectivity index (χ3v) is 7.19. The normalized spacial score (nSPS) is 11.9. The highest BCUT2D eigenvalue weighted by Crippen LogP contribution is 2.31. The molecule has 0 fully saturated rings. The Kier molecular flexibility index (Phi) is 10.1. The number of benzene rings is 4. The highest BCUT2D eigenvalue weighted by atomic mass is 32.2. The van der Waals surface area contributed by atoms with E-state index in [-0.39, 0.29) is 0 Å². The van der Waals surface area contributed by atoms with Gasteiger partial charge in [0, 0.05) is 24.8 Å². The summed E-state index contributed by atoms with van der Waals surface area (Å²) >= 11 is 0. The highest BCUT2D eigenvalue weighted by Gasteiger charge is 2.19. The summed E-state index contributed by atoms with van der Waals surface area (Å²) in [7, 11) is -3.42. The molecule has 0 aromatic heterocycles. The molecule has 0 amide bonds. The molecule has 42 heavy (non-hydrogen) atoms. The van der Waals surface area contributed by atoms with Crippen molar-refractivity contribution in [2.45, 2.75) is 45.9 Å². The number of carbonyl (C=O) groups is 1. The van der Waals surface area contributed by atoms with Gasteiger partial charge in [0.1, 0.15) is 17.2 Å². The second kappa shape index (κ2) is 13.9. The van der Waals surface area contributed by atoms with Crippen LogP contribution in [-0.2, 0) is 27.9 Å².